The lowest BCUT2D eigenvalue weighted by molar-refractivity contribution is 0.185. The molecule has 0 spiro atoms. The van der Waals surface area contributed by atoms with Crippen LogP contribution < -0.4 is 5.32 Å². The standard InChI is InChI=1S/C11H19N3O3S/c1-4-12-11-10(6-5-7-13-11)18(15,16)14(2)8-9-17-3/h5-7H,4,8-9H2,1-3H3,(H,12,13). The zero-order valence-electron chi connectivity index (χ0n) is 10.9. The molecule has 0 aromatic carbocycles. The van der Waals surface area contributed by atoms with Gasteiger partial charge in [0.2, 0.25) is 10.0 Å². The molecule has 1 aromatic rings. The van der Waals surface area contributed by atoms with Crippen LogP contribution in [-0.2, 0) is 14.8 Å². The van der Waals surface area contributed by atoms with Crippen LogP contribution in [-0.4, -0.2) is 51.6 Å². The summed E-state index contributed by atoms with van der Waals surface area (Å²) in [7, 11) is -0.475. The highest BCUT2D eigenvalue weighted by atomic mass is 32.2. The minimum Gasteiger partial charge on any atom is -0.383 e. The highest BCUT2D eigenvalue weighted by molar-refractivity contribution is 7.89. The van der Waals surface area contributed by atoms with E-state index in [1.165, 1.54) is 18.5 Å². The van der Waals surface area contributed by atoms with Gasteiger partial charge in [-0.2, -0.15) is 4.31 Å². The van der Waals surface area contributed by atoms with Crippen LogP contribution in [0.2, 0.25) is 0 Å². The summed E-state index contributed by atoms with van der Waals surface area (Å²) in [5.41, 5.74) is 0. The van der Waals surface area contributed by atoms with Crippen molar-refractivity contribution in [3.8, 4) is 0 Å². The van der Waals surface area contributed by atoms with E-state index in [1.54, 1.807) is 18.3 Å². The van der Waals surface area contributed by atoms with Gasteiger partial charge in [0.15, 0.2) is 0 Å². The number of nitrogens with zero attached hydrogens (tertiary/aromatic N) is 2. The van der Waals surface area contributed by atoms with Crippen LogP contribution >= 0.6 is 0 Å². The Labute approximate surface area is 108 Å². The van der Waals surface area contributed by atoms with Crippen molar-refractivity contribution in [2.24, 2.45) is 0 Å². The molecule has 1 heterocycles. The van der Waals surface area contributed by atoms with Crippen molar-refractivity contribution >= 4 is 15.8 Å². The molecule has 102 valence electrons. The minimum atomic E-state index is -3.54. The van der Waals surface area contributed by atoms with Crippen molar-refractivity contribution in [3.05, 3.63) is 18.3 Å². The Kier molecular flexibility index (Phi) is 5.52. The van der Waals surface area contributed by atoms with E-state index in [1.807, 2.05) is 6.92 Å². The molecule has 1 rings (SSSR count). The summed E-state index contributed by atoms with van der Waals surface area (Å²) >= 11 is 0. The summed E-state index contributed by atoms with van der Waals surface area (Å²) in [5, 5.41) is 2.95. The largest absolute Gasteiger partial charge is 0.383 e. The Hall–Kier alpha value is -1.18. The third-order valence-corrected chi connectivity index (χ3v) is 4.30. The second-order valence-corrected chi connectivity index (χ2v) is 5.71. The van der Waals surface area contributed by atoms with E-state index >= 15 is 0 Å². The first-order valence-corrected chi connectivity index (χ1v) is 7.12. The normalized spacial score (nSPS) is 11.8. The number of anilines is 1. The van der Waals surface area contributed by atoms with Crippen molar-refractivity contribution in [1.29, 1.82) is 0 Å². The zero-order valence-corrected chi connectivity index (χ0v) is 11.7. The molecule has 0 aliphatic carbocycles. The Morgan fingerprint density at radius 3 is 2.83 bits per heavy atom. The van der Waals surface area contributed by atoms with Crippen molar-refractivity contribution in [2.45, 2.75) is 11.8 Å². The Morgan fingerprint density at radius 2 is 2.22 bits per heavy atom. The smallest absolute Gasteiger partial charge is 0.246 e. The first-order valence-electron chi connectivity index (χ1n) is 5.68. The van der Waals surface area contributed by atoms with Gasteiger partial charge in [-0.3, -0.25) is 0 Å². The lowest BCUT2D eigenvalue weighted by Gasteiger charge is -2.18. The van der Waals surface area contributed by atoms with Gasteiger partial charge in [-0.05, 0) is 19.1 Å². The molecular weight excluding hydrogens is 254 g/mol. The van der Waals surface area contributed by atoms with Gasteiger partial charge >= 0.3 is 0 Å². The average Bonchev–Trinajstić information content (AvgIpc) is 2.36. The third kappa shape index (κ3) is 3.41. The molecule has 1 aromatic heterocycles. The van der Waals surface area contributed by atoms with Crippen LogP contribution in [0.5, 0.6) is 0 Å². The van der Waals surface area contributed by atoms with Crippen LogP contribution in [0.3, 0.4) is 0 Å². The van der Waals surface area contributed by atoms with Gasteiger partial charge in [-0.1, -0.05) is 0 Å². The number of pyridine rings is 1. The highest BCUT2D eigenvalue weighted by Crippen LogP contribution is 2.21. The first-order chi connectivity index (χ1) is 8.54. The van der Waals surface area contributed by atoms with E-state index in [0.717, 1.165) is 0 Å². The van der Waals surface area contributed by atoms with E-state index in [-0.39, 0.29) is 4.90 Å². The number of sulfonamides is 1. The predicted octanol–water partition coefficient (Wildman–Crippen LogP) is 0.780. The van der Waals surface area contributed by atoms with E-state index in [0.29, 0.717) is 25.5 Å². The number of aromatic nitrogens is 1. The molecule has 1 N–H and O–H groups in total. The van der Waals surface area contributed by atoms with Crippen molar-refractivity contribution in [1.82, 2.24) is 9.29 Å². The summed E-state index contributed by atoms with van der Waals surface area (Å²) in [6.07, 6.45) is 1.56. The maximum atomic E-state index is 12.3. The van der Waals surface area contributed by atoms with Gasteiger partial charge in [-0.15, -0.1) is 0 Å². The second kappa shape index (κ2) is 6.67. The zero-order chi connectivity index (χ0) is 13.6. The van der Waals surface area contributed by atoms with Crippen molar-refractivity contribution in [3.63, 3.8) is 0 Å². The van der Waals surface area contributed by atoms with Gasteiger partial charge in [0.05, 0.1) is 6.61 Å². The Morgan fingerprint density at radius 1 is 1.50 bits per heavy atom. The molecule has 0 radical (unpaired) electrons. The number of hydrogen-bond acceptors (Lipinski definition) is 5. The predicted molar refractivity (Wildman–Crippen MR) is 70.1 cm³/mol. The van der Waals surface area contributed by atoms with Crippen molar-refractivity contribution < 1.29 is 13.2 Å². The fraction of sp³-hybridized carbons (Fsp3) is 0.545. The quantitative estimate of drug-likeness (QED) is 0.795. The lowest BCUT2D eigenvalue weighted by atomic mass is 10.4. The summed E-state index contributed by atoms with van der Waals surface area (Å²) in [6, 6.07) is 3.15. The van der Waals surface area contributed by atoms with Gasteiger partial charge in [0, 0.05) is 33.4 Å². The summed E-state index contributed by atoms with van der Waals surface area (Å²) in [4.78, 5) is 4.23. The van der Waals surface area contributed by atoms with E-state index in [2.05, 4.69) is 10.3 Å². The number of hydrogen-bond donors (Lipinski definition) is 1. The van der Waals surface area contributed by atoms with Gasteiger partial charge in [0.25, 0.3) is 0 Å². The minimum absolute atomic E-state index is 0.186. The SMILES string of the molecule is CCNc1ncccc1S(=O)(=O)N(C)CCOC. The summed E-state index contributed by atoms with van der Waals surface area (Å²) < 4.78 is 30.8. The monoisotopic (exact) mass is 273 g/mol. The molecule has 0 aliphatic heterocycles. The van der Waals surface area contributed by atoms with Crippen LogP contribution in [0.15, 0.2) is 23.2 Å². The fourth-order valence-corrected chi connectivity index (χ4v) is 2.68. The summed E-state index contributed by atoms with van der Waals surface area (Å²) in [6.45, 7) is 3.16. The highest BCUT2D eigenvalue weighted by Gasteiger charge is 2.24. The molecule has 0 amide bonds. The molecule has 0 atom stereocenters. The van der Waals surface area contributed by atoms with Gasteiger partial charge in [-0.25, -0.2) is 13.4 Å². The maximum Gasteiger partial charge on any atom is 0.246 e. The Bertz CT molecular complexity index is 476. The number of ether oxygens (including phenoxy) is 1. The molecule has 6 nitrogen and oxygen atoms in total. The molecular formula is C11H19N3O3S. The van der Waals surface area contributed by atoms with Gasteiger partial charge in [0.1, 0.15) is 10.7 Å². The molecule has 7 heteroatoms. The Balaban J connectivity index is 3.04. The second-order valence-electron chi connectivity index (χ2n) is 3.70. The molecule has 0 saturated carbocycles. The number of methoxy groups -OCH3 is 1. The maximum absolute atomic E-state index is 12.3. The topological polar surface area (TPSA) is 71.5 Å². The van der Waals surface area contributed by atoms with Gasteiger partial charge < -0.3 is 10.1 Å². The number of rotatable bonds is 7. The average molecular weight is 273 g/mol. The van der Waals surface area contributed by atoms with Crippen LogP contribution in [0, 0.1) is 0 Å². The molecule has 0 fully saturated rings. The first kappa shape index (κ1) is 14.9. The third-order valence-electron chi connectivity index (χ3n) is 2.41. The summed E-state index contributed by atoms with van der Waals surface area (Å²) in [5.74, 6) is 0.379. The van der Waals surface area contributed by atoms with Crippen LogP contribution in [0.4, 0.5) is 5.82 Å². The van der Waals surface area contributed by atoms with Crippen LogP contribution in [0.1, 0.15) is 6.92 Å². The lowest BCUT2D eigenvalue weighted by Crippen LogP contribution is -2.30. The van der Waals surface area contributed by atoms with Crippen molar-refractivity contribution in [2.75, 3.05) is 39.2 Å². The van der Waals surface area contributed by atoms with Crippen LogP contribution in [0.25, 0.3) is 0 Å². The number of nitrogens with one attached hydrogen (secondary N) is 1. The van der Waals surface area contributed by atoms with E-state index < -0.39 is 10.0 Å². The van der Waals surface area contributed by atoms with E-state index in [9.17, 15) is 8.42 Å². The molecule has 0 bridgehead atoms. The fourth-order valence-electron chi connectivity index (χ4n) is 1.41. The molecule has 0 aliphatic rings. The molecule has 0 saturated heterocycles. The number of likely N-dealkylation sites (N-methyl/N-ethyl adjacent to an activating group) is 1. The van der Waals surface area contributed by atoms with E-state index in [4.69, 9.17) is 4.74 Å². The molecule has 0 unspecified atom stereocenters. The molecule has 18 heavy (non-hydrogen) atoms.